The van der Waals surface area contributed by atoms with Crippen LogP contribution < -0.4 is 10.5 Å². The number of aryl methyl sites for hydroxylation is 1. The Bertz CT molecular complexity index is 1400. The molecule has 1 aromatic heterocycles. The number of likely N-dealkylation sites (tertiary alicyclic amines) is 1. The molecular weight excluding hydrogens is 477 g/mol. The molecule has 6 rings (SSSR count). The number of fused-ring (bicyclic) bond motifs is 2. The van der Waals surface area contributed by atoms with Crippen molar-refractivity contribution in [2.24, 2.45) is 11.7 Å². The highest BCUT2D eigenvalue weighted by atomic mass is 32.1. The molecule has 0 bridgehead atoms. The standard InChI is InChI=1S/C28H28FN3O3S/c1-14-31-23(25(36-14)15-6-4-7-17(29)10-15)27(34)32-18(11-16-12-22(16)32)13-21-19-8-5-9-20(26(30)33)24(19)35-28(21,2)3/h4-10,16,18,21-22H,11-13H2,1-3H3,(H2,30,33)/t16-,18+,21?,22+/m1/s1. The molecule has 2 amide bonds. The number of ether oxygens (including phenoxy) is 1. The number of thiazole rings is 1. The molecule has 3 heterocycles. The number of benzene rings is 2. The molecule has 0 radical (unpaired) electrons. The number of amides is 2. The maximum absolute atomic E-state index is 14.0. The number of nitrogens with two attached hydrogens (primary N) is 1. The average Bonchev–Trinajstić information content (AvgIpc) is 3.18. The van der Waals surface area contributed by atoms with Crippen LogP contribution in [0.2, 0.25) is 0 Å². The molecule has 3 aliphatic rings. The van der Waals surface area contributed by atoms with Crippen molar-refractivity contribution in [1.82, 2.24) is 9.88 Å². The zero-order chi connectivity index (χ0) is 25.4. The number of carbonyl (C=O) groups is 2. The van der Waals surface area contributed by atoms with Crippen LogP contribution >= 0.6 is 11.3 Å². The first-order chi connectivity index (χ1) is 17.1. The fraction of sp³-hybridized carbons (Fsp3) is 0.393. The largest absolute Gasteiger partial charge is 0.486 e. The van der Waals surface area contributed by atoms with Gasteiger partial charge in [-0.25, -0.2) is 9.37 Å². The SMILES string of the molecule is Cc1nc(C(=O)N2[C@H](CC3c4cccc(C(N)=O)c4OC3(C)C)C[C@@H]3C[C@@H]32)c(-c2cccc(F)c2)s1. The molecule has 0 spiro atoms. The van der Waals surface area contributed by atoms with Gasteiger partial charge in [-0.1, -0.05) is 24.3 Å². The minimum atomic E-state index is -0.542. The van der Waals surface area contributed by atoms with Gasteiger partial charge < -0.3 is 15.4 Å². The lowest BCUT2D eigenvalue weighted by atomic mass is 9.81. The Morgan fingerprint density at radius 1 is 1.22 bits per heavy atom. The maximum Gasteiger partial charge on any atom is 0.274 e. The van der Waals surface area contributed by atoms with E-state index >= 15 is 0 Å². The number of halogens is 1. The molecule has 2 aromatic carbocycles. The second-order valence-electron chi connectivity index (χ2n) is 10.7. The minimum absolute atomic E-state index is 0.00413. The van der Waals surface area contributed by atoms with E-state index in [4.69, 9.17) is 10.5 Å². The van der Waals surface area contributed by atoms with Crippen molar-refractivity contribution in [2.45, 2.75) is 63.6 Å². The summed E-state index contributed by atoms with van der Waals surface area (Å²) in [7, 11) is 0. The van der Waals surface area contributed by atoms with Gasteiger partial charge in [-0.3, -0.25) is 9.59 Å². The van der Waals surface area contributed by atoms with Crippen LogP contribution in [0.15, 0.2) is 42.5 Å². The lowest BCUT2D eigenvalue weighted by Crippen LogP contribution is -2.42. The zero-order valence-corrected chi connectivity index (χ0v) is 21.3. The third-order valence-corrected chi connectivity index (χ3v) is 8.89. The molecule has 36 heavy (non-hydrogen) atoms. The summed E-state index contributed by atoms with van der Waals surface area (Å²) in [6.07, 6.45) is 2.67. The highest BCUT2D eigenvalue weighted by molar-refractivity contribution is 7.15. The average molecular weight is 506 g/mol. The van der Waals surface area contributed by atoms with Crippen LogP contribution in [-0.2, 0) is 0 Å². The van der Waals surface area contributed by atoms with Gasteiger partial charge in [-0.15, -0.1) is 11.3 Å². The molecule has 8 heteroatoms. The molecule has 2 aliphatic heterocycles. The number of piperidine rings is 1. The Labute approximate surface area is 213 Å². The normalized spacial score (nSPS) is 25.3. The van der Waals surface area contributed by atoms with Crippen molar-refractivity contribution in [2.75, 3.05) is 0 Å². The number of nitrogens with zero attached hydrogens (tertiary/aromatic N) is 2. The number of rotatable bonds is 5. The maximum atomic E-state index is 14.0. The summed E-state index contributed by atoms with van der Waals surface area (Å²) >= 11 is 1.42. The van der Waals surface area contributed by atoms with Crippen molar-refractivity contribution in [3.63, 3.8) is 0 Å². The van der Waals surface area contributed by atoms with Crippen LogP contribution in [0.4, 0.5) is 4.39 Å². The van der Waals surface area contributed by atoms with Crippen LogP contribution in [0.25, 0.3) is 10.4 Å². The Balaban J connectivity index is 1.33. The van der Waals surface area contributed by atoms with Crippen molar-refractivity contribution in [3.8, 4) is 16.2 Å². The molecule has 1 saturated heterocycles. The van der Waals surface area contributed by atoms with Crippen molar-refractivity contribution in [3.05, 3.63) is 70.1 Å². The van der Waals surface area contributed by atoms with E-state index in [-0.39, 0.29) is 29.7 Å². The summed E-state index contributed by atoms with van der Waals surface area (Å²) in [6, 6.07) is 12.1. The topological polar surface area (TPSA) is 85.5 Å². The van der Waals surface area contributed by atoms with E-state index in [1.54, 1.807) is 12.1 Å². The van der Waals surface area contributed by atoms with Gasteiger partial charge in [0.05, 0.1) is 15.4 Å². The van der Waals surface area contributed by atoms with Crippen LogP contribution in [0.3, 0.4) is 0 Å². The first-order valence-corrected chi connectivity index (χ1v) is 13.1. The van der Waals surface area contributed by atoms with Gasteiger partial charge in [0.15, 0.2) is 0 Å². The molecule has 186 valence electrons. The van der Waals surface area contributed by atoms with Gasteiger partial charge in [-0.05, 0) is 69.7 Å². The molecule has 1 unspecified atom stereocenters. The summed E-state index contributed by atoms with van der Waals surface area (Å²) in [6.45, 7) is 5.92. The van der Waals surface area contributed by atoms with Crippen molar-refractivity contribution >= 4 is 23.2 Å². The van der Waals surface area contributed by atoms with E-state index in [0.717, 1.165) is 29.8 Å². The van der Waals surface area contributed by atoms with E-state index in [0.29, 0.717) is 33.4 Å². The van der Waals surface area contributed by atoms with Crippen LogP contribution in [0, 0.1) is 18.7 Å². The highest BCUT2D eigenvalue weighted by Gasteiger charge is 2.56. The number of hydrogen-bond donors (Lipinski definition) is 1. The summed E-state index contributed by atoms with van der Waals surface area (Å²) in [5.41, 5.74) is 7.50. The summed E-state index contributed by atoms with van der Waals surface area (Å²) < 4.78 is 20.2. The second kappa shape index (κ2) is 8.13. The van der Waals surface area contributed by atoms with Gasteiger partial charge in [0.25, 0.3) is 11.8 Å². The van der Waals surface area contributed by atoms with E-state index in [1.807, 2.05) is 43.9 Å². The van der Waals surface area contributed by atoms with E-state index < -0.39 is 11.5 Å². The Morgan fingerprint density at radius 2 is 2.00 bits per heavy atom. The Kier molecular flexibility index (Phi) is 5.23. The summed E-state index contributed by atoms with van der Waals surface area (Å²) in [5, 5.41) is 0.777. The third-order valence-electron chi connectivity index (χ3n) is 7.87. The number of para-hydroxylation sites is 1. The molecule has 2 fully saturated rings. The monoisotopic (exact) mass is 505 g/mol. The fourth-order valence-corrected chi connectivity index (χ4v) is 7.04. The van der Waals surface area contributed by atoms with Gasteiger partial charge in [0.1, 0.15) is 22.9 Å². The van der Waals surface area contributed by atoms with Crippen molar-refractivity contribution < 1.29 is 18.7 Å². The molecule has 1 aliphatic carbocycles. The summed E-state index contributed by atoms with van der Waals surface area (Å²) in [5.74, 6) is 0.130. The van der Waals surface area contributed by atoms with Gasteiger partial charge in [0, 0.05) is 23.6 Å². The lowest BCUT2D eigenvalue weighted by molar-refractivity contribution is 0.0609. The van der Waals surface area contributed by atoms with Gasteiger partial charge in [0.2, 0.25) is 0 Å². The Morgan fingerprint density at radius 3 is 2.75 bits per heavy atom. The highest BCUT2D eigenvalue weighted by Crippen LogP contribution is 2.54. The fourth-order valence-electron chi connectivity index (χ4n) is 6.13. The molecule has 4 atom stereocenters. The predicted molar refractivity (Wildman–Crippen MR) is 136 cm³/mol. The smallest absolute Gasteiger partial charge is 0.274 e. The first kappa shape index (κ1) is 23.2. The van der Waals surface area contributed by atoms with E-state index in [1.165, 1.54) is 23.5 Å². The lowest BCUT2D eigenvalue weighted by Gasteiger charge is -2.33. The van der Waals surface area contributed by atoms with E-state index in [9.17, 15) is 14.0 Å². The zero-order valence-electron chi connectivity index (χ0n) is 20.5. The molecule has 2 N–H and O–H groups in total. The number of primary amides is 1. The number of hydrogen-bond acceptors (Lipinski definition) is 5. The molecular formula is C28H28FN3O3S. The van der Waals surface area contributed by atoms with Gasteiger partial charge >= 0.3 is 0 Å². The number of aromatic nitrogens is 1. The minimum Gasteiger partial charge on any atom is -0.486 e. The van der Waals surface area contributed by atoms with Crippen LogP contribution in [-0.4, -0.2) is 39.4 Å². The third kappa shape index (κ3) is 3.70. The quantitative estimate of drug-likeness (QED) is 0.510. The van der Waals surface area contributed by atoms with Crippen molar-refractivity contribution in [1.29, 1.82) is 0 Å². The van der Waals surface area contributed by atoms with Crippen LogP contribution in [0.5, 0.6) is 5.75 Å². The van der Waals surface area contributed by atoms with E-state index in [2.05, 4.69) is 4.98 Å². The predicted octanol–water partition coefficient (Wildman–Crippen LogP) is 5.30. The molecule has 3 aromatic rings. The van der Waals surface area contributed by atoms with Gasteiger partial charge in [-0.2, -0.15) is 0 Å². The molecule has 6 nitrogen and oxygen atoms in total. The van der Waals surface area contributed by atoms with Crippen LogP contribution in [0.1, 0.15) is 70.4 Å². The molecule has 1 saturated carbocycles. The Hall–Kier alpha value is -3.26. The number of carbonyl (C=O) groups excluding carboxylic acids is 2. The summed E-state index contributed by atoms with van der Waals surface area (Å²) in [4.78, 5) is 33.3. The second-order valence-corrected chi connectivity index (χ2v) is 11.9. The first-order valence-electron chi connectivity index (χ1n) is 12.3.